The van der Waals surface area contributed by atoms with Gasteiger partial charge in [0, 0.05) is 33.3 Å². The fraction of sp³-hybridized carbons (Fsp3) is 0.0526. The molecule has 0 aliphatic rings. The topological polar surface area (TPSA) is 9.86 Å². The molecule has 0 radical (unpaired) electrons. The summed E-state index contributed by atoms with van der Waals surface area (Å²) in [4.78, 5) is 0. The van der Waals surface area contributed by atoms with Gasteiger partial charge in [0.25, 0.3) is 0 Å². The number of benzene rings is 4. The van der Waals surface area contributed by atoms with E-state index in [1.165, 1.54) is 44.1 Å². The van der Waals surface area contributed by atoms with Gasteiger partial charge < -0.3 is 9.13 Å². The van der Waals surface area contributed by atoms with Gasteiger partial charge in [0.2, 0.25) is 0 Å². The van der Waals surface area contributed by atoms with Crippen LogP contribution in [-0.2, 0) is 0 Å². The van der Waals surface area contributed by atoms with Crippen LogP contribution in [0.4, 0.5) is 0 Å². The lowest BCUT2D eigenvalue weighted by Gasteiger charge is -2.12. The second kappa shape index (κ2) is 10.6. The first-order valence-corrected chi connectivity index (χ1v) is 13.7. The molecule has 2 nitrogen and oxygen atoms in total. The molecule has 0 spiro atoms. The minimum Gasteiger partial charge on any atom is -0.309 e. The van der Waals surface area contributed by atoms with E-state index in [1.54, 1.807) is 0 Å². The molecule has 6 aromatic rings. The molecule has 0 atom stereocenters. The molecular weight excluding hydrogens is 484 g/mol. The largest absolute Gasteiger partial charge is 0.309 e. The minimum absolute atomic E-state index is 1.10. The van der Waals surface area contributed by atoms with Crippen LogP contribution in [0.15, 0.2) is 122 Å². The maximum Gasteiger partial charge on any atom is 0.0541 e. The Morgan fingerprint density at radius 2 is 0.875 bits per heavy atom. The van der Waals surface area contributed by atoms with Gasteiger partial charge >= 0.3 is 0 Å². The zero-order valence-corrected chi connectivity index (χ0v) is 23.0. The van der Waals surface area contributed by atoms with E-state index >= 15 is 0 Å². The van der Waals surface area contributed by atoms with Gasteiger partial charge in [-0.3, -0.25) is 0 Å². The number of aromatic nitrogens is 2. The van der Waals surface area contributed by atoms with Crippen LogP contribution in [0.1, 0.15) is 36.4 Å². The van der Waals surface area contributed by atoms with Gasteiger partial charge in [-0.05, 0) is 73.5 Å². The van der Waals surface area contributed by atoms with E-state index in [0.29, 0.717) is 0 Å². The predicted molar refractivity (Wildman–Crippen MR) is 175 cm³/mol. The second-order valence-electron chi connectivity index (χ2n) is 9.80. The highest BCUT2D eigenvalue weighted by Crippen LogP contribution is 2.34. The summed E-state index contributed by atoms with van der Waals surface area (Å²) in [5.41, 5.74) is 11.5. The van der Waals surface area contributed by atoms with Crippen LogP contribution >= 0.6 is 0 Å². The first kappa shape index (κ1) is 25.2. The van der Waals surface area contributed by atoms with Crippen molar-refractivity contribution in [3.05, 3.63) is 145 Å². The normalized spacial score (nSPS) is 11.8. The quantitative estimate of drug-likeness (QED) is 0.200. The molecule has 0 bridgehead atoms. The summed E-state index contributed by atoms with van der Waals surface area (Å²) in [5.74, 6) is 0. The number of allylic oxidation sites excluding steroid dienone is 2. The van der Waals surface area contributed by atoms with E-state index in [4.69, 9.17) is 0 Å². The van der Waals surface area contributed by atoms with Crippen LogP contribution in [0.25, 0.3) is 68.6 Å². The molecule has 0 fully saturated rings. The van der Waals surface area contributed by atoms with Gasteiger partial charge in [-0.25, -0.2) is 0 Å². The number of hydrogen-bond donors (Lipinski definition) is 0. The monoisotopic (exact) mass is 516 g/mol. The van der Waals surface area contributed by atoms with E-state index in [1.807, 2.05) is 12.2 Å². The standard InChI is InChI=1S/C38H32N2/c1-5-13-31-33-15-9-11-17-37(33)39(35(31)7-3)29-23-19-27(20-24-29)28-21-25-30(26-22-28)40-36(8-4)32(14-6-2)34-16-10-12-18-38(34)40/h5-26H,3-4H2,1-2H3/b13-5-,14-6-. The maximum absolute atomic E-state index is 4.13. The molecule has 2 heteroatoms. The molecule has 0 N–H and O–H groups in total. The average Bonchev–Trinajstić information content (AvgIpc) is 3.50. The van der Waals surface area contributed by atoms with Crippen molar-refractivity contribution in [3.63, 3.8) is 0 Å². The summed E-state index contributed by atoms with van der Waals surface area (Å²) in [6, 6.07) is 34.7. The molecule has 0 aliphatic carbocycles. The Morgan fingerprint density at radius 3 is 1.23 bits per heavy atom. The molecule has 0 unspecified atom stereocenters. The zero-order chi connectivity index (χ0) is 27.6. The summed E-state index contributed by atoms with van der Waals surface area (Å²) in [7, 11) is 0. The minimum atomic E-state index is 1.10. The van der Waals surface area contributed by atoms with Gasteiger partial charge in [0.05, 0.1) is 22.4 Å². The van der Waals surface area contributed by atoms with Crippen molar-refractivity contribution < 1.29 is 0 Å². The van der Waals surface area contributed by atoms with Gasteiger partial charge in [-0.15, -0.1) is 0 Å². The Hall–Kier alpha value is -5.08. The van der Waals surface area contributed by atoms with Crippen LogP contribution in [0.2, 0.25) is 0 Å². The molecule has 2 aromatic heterocycles. The van der Waals surface area contributed by atoms with Crippen molar-refractivity contribution in [2.75, 3.05) is 0 Å². The fourth-order valence-corrected chi connectivity index (χ4v) is 5.82. The van der Waals surface area contributed by atoms with E-state index in [0.717, 1.165) is 22.8 Å². The lowest BCUT2D eigenvalue weighted by molar-refractivity contribution is 1.10. The summed E-state index contributed by atoms with van der Waals surface area (Å²) in [6.07, 6.45) is 12.4. The SMILES string of the molecule is C=Cc1c(/C=C\C)c2ccccc2n1-c1ccc(-c2ccc(-n3c(C=C)c(/C=C\C)c4ccccc43)cc2)cc1. The summed E-state index contributed by atoms with van der Waals surface area (Å²) >= 11 is 0. The first-order valence-electron chi connectivity index (χ1n) is 13.7. The van der Waals surface area contributed by atoms with Gasteiger partial charge in [0.15, 0.2) is 0 Å². The molecule has 2 heterocycles. The van der Waals surface area contributed by atoms with Crippen molar-refractivity contribution in [1.29, 1.82) is 0 Å². The highest BCUT2D eigenvalue weighted by atomic mass is 15.0. The molecule has 0 saturated heterocycles. The molecule has 40 heavy (non-hydrogen) atoms. The van der Waals surface area contributed by atoms with Crippen LogP contribution in [0.3, 0.4) is 0 Å². The highest BCUT2D eigenvalue weighted by Gasteiger charge is 2.16. The van der Waals surface area contributed by atoms with Crippen molar-refractivity contribution in [3.8, 4) is 22.5 Å². The number of fused-ring (bicyclic) bond motifs is 2. The summed E-state index contributed by atoms with van der Waals surface area (Å²) < 4.78 is 4.59. The second-order valence-corrected chi connectivity index (χ2v) is 9.80. The predicted octanol–water partition coefficient (Wildman–Crippen LogP) is 10.6. The molecular formula is C38H32N2. The Bertz CT molecular complexity index is 1780. The highest BCUT2D eigenvalue weighted by molar-refractivity contribution is 5.96. The lowest BCUT2D eigenvalue weighted by atomic mass is 10.0. The van der Waals surface area contributed by atoms with Crippen LogP contribution in [-0.4, -0.2) is 9.13 Å². The smallest absolute Gasteiger partial charge is 0.0541 e. The Balaban J connectivity index is 1.39. The summed E-state index contributed by atoms with van der Waals surface area (Å²) in [5, 5.41) is 2.45. The van der Waals surface area contributed by atoms with Gasteiger partial charge in [-0.2, -0.15) is 0 Å². The van der Waals surface area contributed by atoms with Crippen LogP contribution < -0.4 is 0 Å². The van der Waals surface area contributed by atoms with Crippen LogP contribution in [0, 0.1) is 0 Å². The third-order valence-corrected chi connectivity index (χ3v) is 7.54. The number of nitrogens with zero attached hydrogens (tertiary/aromatic N) is 2. The first-order chi connectivity index (χ1) is 19.7. The number of rotatable bonds is 7. The van der Waals surface area contributed by atoms with Crippen molar-refractivity contribution in [1.82, 2.24) is 9.13 Å². The van der Waals surface area contributed by atoms with Crippen molar-refractivity contribution in [2.24, 2.45) is 0 Å². The number of para-hydroxylation sites is 2. The van der Waals surface area contributed by atoms with Crippen molar-refractivity contribution >= 4 is 46.1 Å². The van der Waals surface area contributed by atoms with E-state index in [2.05, 4.69) is 158 Å². The third-order valence-electron chi connectivity index (χ3n) is 7.54. The van der Waals surface area contributed by atoms with Crippen molar-refractivity contribution in [2.45, 2.75) is 13.8 Å². The Labute approximate surface area is 236 Å². The molecule has 194 valence electrons. The van der Waals surface area contributed by atoms with E-state index in [-0.39, 0.29) is 0 Å². The van der Waals surface area contributed by atoms with E-state index in [9.17, 15) is 0 Å². The Morgan fingerprint density at radius 1 is 0.500 bits per heavy atom. The molecule has 0 aliphatic heterocycles. The zero-order valence-electron chi connectivity index (χ0n) is 23.0. The Kier molecular flexibility index (Phi) is 6.67. The lowest BCUT2D eigenvalue weighted by Crippen LogP contribution is -1.97. The molecule has 4 aromatic carbocycles. The van der Waals surface area contributed by atoms with Crippen LogP contribution in [0.5, 0.6) is 0 Å². The molecule has 6 rings (SSSR count). The third kappa shape index (κ3) is 4.06. The number of hydrogen-bond acceptors (Lipinski definition) is 0. The molecule has 0 saturated carbocycles. The average molecular weight is 517 g/mol. The van der Waals surface area contributed by atoms with Gasteiger partial charge in [0.1, 0.15) is 0 Å². The maximum atomic E-state index is 4.13. The molecule has 0 amide bonds. The van der Waals surface area contributed by atoms with E-state index < -0.39 is 0 Å². The summed E-state index contributed by atoms with van der Waals surface area (Å²) in [6.45, 7) is 12.4. The fourth-order valence-electron chi connectivity index (χ4n) is 5.82. The van der Waals surface area contributed by atoms with Gasteiger partial charge in [-0.1, -0.05) is 98.1 Å².